The fourth-order valence-electron chi connectivity index (χ4n) is 5.38. The number of carbonyl (C=O) groups is 2. The number of nitrogens with one attached hydrogen (secondary N) is 2. The Morgan fingerprint density at radius 1 is 0.897 bits per heavy atom. The number of aromatic amines is 1. The number of piperazine rings is 1. The summed E-state index contributed by atoms with van der Waals surface area (Å²) in [5.41, 5.74) is 4.50. The zero-order valence-corrected chi connectivity index (χ0v) is 22.6. The van der Waals surface area contributed by atoms with Gasteiger partial charge in [0.2, 0.25) is 11.8 Å². The highest BCUT2D eigenvalue weighted by molar-refractivity contribution is 5.83. The predicted molar refractivity (Wildman–Crippen MR) is 157 cm³/mol. The van der Waals surface area contributed by atoms with Gasteiger partial charge in [-0.15, -0.1) is 0 Å². The number of amides is 2. The molecule has 39 heavy (non-hydrogen) atoms. The van der Waals surface area contributed by atoms with Crippen molar-refractivity contribution >= 4 is 28.4 Å². The minimum absolute atomic E-state index is 0.00350. The first kappa shape index (κ1) is 26.5. The standard InChI is InChI=1S/C32H37N5O2/c1-25(38)37(22-26-10-4-2-5-11-26)23-28(20-27-21-33-31-15-9-8-14-30(27)31)34-32(39)24-35-16-18-36(19-17-35)29-12-6-3-7-13-29/h2-15,21,28,33H,16-20,22-24H2,1H3,(H,34,39). The third-order valence-electron chi connectivity index (χ3n) is 7.47. The molecule has 0 spiro atoms. The number of hydrogen-bond acceptors (Lipinski definition) is 4. The van der Waals surface area contributed by atoms with Crippen LogP contribution in [-0.2, 0) is 22.6 Å². The van der Waals surface area contributed by atoms with Crippen LogP contribution in [0, 0.1) is 0 Å². The lowest BCUT2D eigenvalue weighted by molar-refractivity contribution is -0.131. The van der Waals surface area contributed by atoms with E-state index in [4.69, 9.17) is 0 Å². The number of nitrogens with zero attached hydrogens (tertiary/aromatic N) is 3. The van der Waals surface area contributed by atoms with Gasteiger partial charge in [0, 0.05) is 69.0 Å². The molecule has 1 atom stereocenters. The van der Waals surface area contributed by atoms with Crippen LogP contribution in [0.15, 0.2) is 91.1 Å². The maximum atomic E-state index is 13.3. The predicted octanol–water partition coefficient (Wildman–Crippen LogP) is 4.07. The molecule has 0 radical (unpaired) electrons. The Kier molecular flexibility index (Phi) is 8.58. The Labute approximate surface area is 230 Å². The van der Waals surface area contributed by atoms with E-state index in [1.165, 1.54) is 5.69 Å². The summed E-state index contributed by atoms with van der Waals surface area (Å²) in [6.45, 7) is 6.36. The number of para-hydroxylation sites is 2. The van der Waals surface area contributed by atoms with Gasteiger partial charge in [-0.05, 0) is 35.7 Å². The molecule has 7 heteroatoms. The quantitative estimate of drug-likeness (QED) is 0.329. The van der Waals surface area contributed by atoms with Crippen molar-refractivity contribution in [2.75, 3.05) is 44.2 Å². The molecule has 1 unspecified atom stereocenters. The maximum Gasteiger partial charge on any atom is 0.234 e. The summed E-state index contributed by atoms with van der Waals surface area (Å²) in [7, 11) is 0. The van der Waals surface area contributed by atoms with Crippen LogP contribution in [0.4, 0.5) is 5.69 Å². The van der Waals surface area contributed by atoms with Gasteiger partial charge in [0.05, 0.1) is 12.6 Å². The topological polar surface area (TPSA) is 71.7 Å². The van der Waals surface area contributed by atoms with E-state index in [2.05, 4.69) is 56.5 Å². The van der Waals surface area contributed by atoms with Crippen LogP contribution >= 0.6 is 0 Å². The highest BCUT2D eigenvalue weighted by Gasteiger charge is 2.23. The van der Waals surface area contributed by atoms with Gasteiger partial charge in [0.1, 0.15) is 0 Å². The summed E-state index contributed by atoms with van der Waals surface area (Å²) in [4.78, 5) is 35.7. The third kappa shape index (κ3) is 7.06. The SMILES string of the molecule is CC(=O)N(Cc1ccccc1)CC(Cc1c[nH]c2ccccc12)NC(=O)CN1CCN(c2ccccc2)CC1. The number of benzene rings is 3. The van der Waals surface area contributed by atoms with Crippen molar-refractivity contribution < 1.29 is 9.59 Å². The zero-order chi connectivity index (χ0) is 27.0. The number of aromatic nitrogens is 1. The van der Waals surface area contributed by atoms with Crippen molar-refractivity contribution in [2.45, 2.75) is 25.9 Å². The molecule has 0 saturated carbocycles. The lowest BCUT2D eigenvalue weighted by Gasteiger charge is -2.36. The Morgan fingerprint density at radius 3 is 2.28 bits per heavy atom. The lowest BCUT2D eigenvalue weighted by Crippen LogP contribution is -2.52. The molecule has 2 N–H and O–H groups in total. The van der Waals surface area contributed by atoms with E-state index >= 15 is 0 Å². The molecule has 202 valence electrons. The van der Waals surface area contributed by atoms with E-state index in [1.807, 2.05) is 59.6 Å². The number of hydrogen-bond donors (Lipinski definition) is 2. The van der Waals surface area contributed by atoms with E-state index in [1.54, 1.807) is 6.92 Å². The third-order valence-corrected chi connectivity index (χ3v) is 7.47. The second-order valence-corrected chi connectivity index (χ2v) is 10.3. The van der Waals surface area contributed by atoms with Crippen molar-refractivity contribution in [3.05, 3.63) is 102 Å². The number of fused-ring (bicyclic) bond motifs is 1. The first-order valence-electron chi connectivity index (χ1n) is 13.7. The van der Waals surface area contributed by atoms with Gasteiger partial charge in [0.25, 0.3) is 0 Å². The maximum absolute atomic E-state index is 13.3. The summed E-state index contributed by atoms with van der Waals surface area (Å²) in [5.74, 6) is -0.00900. The molecule has 1 fully saturated rings. The van der Waals surface area contributed by atoms with Crippen molar-refractivity contribution in [1.29, 1.82) is 0 Å². The Hall–Kier alpha value is -4.10. The zero-order valence-electron chi connectivity index (χ0n) is 22.6. The molecule has 1 aliphatic rings. The fourth-order valence-corrected chi connectivity index (χ4v) is 5.38. The normalized spacial score (nSPS) is 14.7. The molecular formula is C32H37N5O2. The van der Waals surface area contributed by atoms with Crippen LogP contribution in [0.1, 0.15) is 18.1 Å². The first-order chi connectivity index (χ1) is 19.0. The van der Waals surface area contributed by atoms with Crippen molar-refractivity contribution in [2.24, 2.45) is 0 Å². The molecule has 1 aliphatic heterocycles. The molecule has 0 aliphatic carbocycles. The molecule has 4 aromatic rings. The minimum atomic E-state index is -0.213. The van der Waals surface area contributed by atoms with Gasteiger partial charge < -0.3 is 20.1 Å². The van der Waals surface area contributed by atoms with Gasteiger partial charge in [-0.2, -0.15) is 0 Å². The first-order valence-corrected chi connectivity index (χ1v) is 13.7. The van der Waals surface area contributed by atoms with E-state index in [0.29, 0.717) is 26.1 Å². The summed E-state index contributed by atoms with van der Waals surface area (Å²) < 4.78 is 0. The number of anilines is 1. The Morgan fingerprint density at radius 2 is 1.56 bits per heavy atom. The molecule has 2 amide bonds. The van der Waals surface area contributed by atoms with Gasteiger partial charge in [-0.1, -0.05) is 66.7 Å². The van der Waals surface area contributed by atoms with Crippen LogP contribution in [0.3, 0.4) is 0 Å². The second-order valence-electron chi connectivity index (χ2n) is 10.3. The van der Waals surface area contributed by atoms with Gasteiger partial charge in [-0.3, -0.25) is 14.5 Å². The smallest absolute Gasteiger partial charge is 0.234 e. The lowest BCUT2D eigenvalue weighted by atomic mass is 10.0. The molecule has 5 rings (SSSR count). The molecule has 1 saturated heterocycles. The summed E-state index contributed by atoms with van der Waals surface area (Å²) in [6.07, 6.45) is 2.65. The summed E-state index contributed by atoms with van der Waals surface area (Å²) in [5, 5.41) is 4.42. The van der Waals surface area contributed by atoms with Crippen LogP contribution in [0.5, 0.6) is 0 Å². The van der Waals surface area contributed by atoms with Crippen molar-refractivity contribution in [3.63, 3.8) is 0 Å². The summed E-state index contributed by atoms with van der Waals surface area (Å²) in [6, 6.07) is 28.4. The largest absolute Gasteiger partial charge is 0.369 e. The van der Waals surface area contributed by atoms with E-state index in [9.17, 15) is 9.59 Å². The fraction of sp³-hybridized carbons (Fsp3) is 0.312. The minimum Gasteiger partial charge on any atom is -0.369 e. The highest BCUT2D eigenvalue weighted by Crippen LogP contribution is 2.20. The number of rotatable bonds is 10. The van der Waals surface area contributed by atoms with Gasteiger partial charge >= 0.3 is 0 Å². The second kappa shape index (κ2) is 12.6. The monoisotopic (exact) mass is 523 g/mol. The number of carbonyl (C=O) groups excluding carboxylic acids is 2. The van der Waals surface area contributed by atoms with Crippen LogP contribution < -0.4 is 10.2 Å². The molecule has 2 heterocycles. The van der Waals surface area contributed by atoms with Gasteiger partial charge in [0.15, 0.2) is 0 Å². The van der Waals surface area contributed by atoms with Gasteiger partial charge in [-0.25, -0.2) is 0 Å². The van der Waals surface area contributed by atoms with Crippen LogP contribution in [0.25, 0.3) is 10.9 Å². The van der Waals surface area contributed by atoms with Crippen molar-refractivity contribution in [1.82, 2.24) is 20.1 Å². The molecule has 1 aromatic heterocycles. The molecule has 3 aromatic carbocycles. The number of H-pyrrole nitrogens is 1. The average Bonchev–Trinajstić information content (AvgIpc) is 3.36. The molecule has 7 nitrogen and oxygen atoms in total. The van der Waals surface area contributed by atoms with Crippen LogP contribution in [-0.4, -0.2) is 71.9 Å². The van der Waals surface area contributed by atoms with E-state index < -0.39 is 0 Å². The molecule has 0 bridgehead atoms. The molecular weight excluding hydrogens is 486 g/mol. The Bertz CT molecular complexity index is 1360. The van der Waals surface area contributed by atoms with Crippen LogP contribution in [0.2, 0.25) is 0 Å². The average molecular weight is 524 g/mol. The highest BCUT2D eigenvalue weighted by atomic mass is 16.2. The summed E-state index contributed by atoms with van der Waals surface area (Å²) >= 11 is 0. The Balaban J connectivity index is 1.25. The van der Waals surface area contributed by atoms with E-state index in [0.717, 1.165) is 48.2 Å². The van der Waals surface area contributed by atoms with Crippen molar-refractivity contribution in [3.8, 4) is 0 Å². The van der Waals surface area contributed by atoms with E-state index in [-0.39, 0.29) is 17.9 Å².